The number of nitrogens with zero attached hydrogens (tertiary/aromatic N) is 3. The molecule has 0 amide bonds. The van der Waals surface area contributed by atoms with Crippen molar-refractivity contribution in [1.82, 2.24) is 14.8 Å². The van der Waals surface area contributed by atoms with Crippen LogP contribution in [-0.4, -0.2) is 32.4 Å². The van der Waals surface area contributed by atoms with Gasteiger partial charge in [0.1, 0.15) is 18.0 Å². The minimum absolute atomic E-state index is 0.119. The Morgan fingerprint density at radius 2 is 2.35 bits per heavy atom. The maximum absolute atomic E-state index is 12.5. The van der Waals surface area contributed by atoms with Gasteiger partial charge >= 0.3 is 5.97 Å². The van der Waals surface area contributed by atoms with Crippen LogP contribution in [0.3, 0.4) is 0 Å². The third-order valence-corrected chi connectivity index (χ3v) is 3.71. The van der Waals surface area contributed by atoms with Crippen LogP contribution in [0.1, 0.15) is 24.9 Å². The fourth-order valence-electron chi connectivity index (χ4n) is 2.70. The summed E-state index contributed by atoms with van der Waals surface area (Å²) in [6.07, 6.45) is 2.15. The van der Waals surface area contributed by atoms with Crippen LogP contribution in [0.2, 0.25) is 0 Å². The Morgan fingerprint density at radius 1 is 1.52 bits per heavy atom. The van der Waals surface area contributed by atoms with Crippen LogP contribution in [0.5, 0.6) is 5.75 Å². The molecule has 2 N–H and O–H groups in total. The molecule has 1 aliphatic rings. The fourth-order valence-corrected chi connectivity index (χ4v) is 2.70. The van der Waals surface area contributed by atoms with Gasteiger partial charge in [0.15, 0.2) is 0 Å². The number of anilines is 1. The monoisotopic (exact) mass is 314 g/mol. The summed E-state index contributed by atoms with van der Waals surface area (Å²) in [6, 6.07) is 6.26. The highest BCUT2D eigenvalue weighted by atomic mass is 16.5. The molecule has 1 aromatic heterocycles. The number of carbonyl (C=O) groups excluding carboxylic acids is 1. The number of aromatic nitrogens is 3. The number of fused-ring (bicyclic) bond motifs is 1. The van der Waals surface area contributed by atoms with Gasteiger partial charge in [-0.1, -0.05) is 25.6 Å². The number of nitrogens with one attached hydrogen (secondary N) is 1. The molecule has 7 nitrogen and oxygen atoms in total. The predicted molar refractivity (Wildman–Crippen MR) is 83.8 cm³/mol. The van der Waals surface area contributed by atoms with Crippen LogP contribution in [0.4, 0.5) is 5.95 Å². The topological polar surface area (TPSA) is 89.3 Å². The van der Waals surface area contributed by atoms with Crippen molar-refractivity contribution in [2.75, 3.05) is 11.9 Å². The zero-order chi connectivity index (χ0) is 16.4. The fraction of sp³-hybridized carbons (Fsp3) is 0.312. The van der Waals surface area contributed by atoms with E-state index in [0.29, 0.717) is 18.3 Å². The molecule has 0 fully saturated rings. The molecule has 1 aliphatic heterocycles. The van der Waals surface area contributed by atoms with Crippen molar-refractivity contribution in [3.8, 4) is 5.75 Å². The molecule has 7 heteroatoms. The van der Waals surface area contributed by atoms with Gasteiger partial charge in [0.05, 0.1) is 12.6 Å². The van der Waals surface area contributed by atoms with Crippen molar-refractivity contribution in [2.45, 2.75) is 19.4 Å². The van der Waals surface area contributed by atoms with Crippen molar-refractivity contribution in [3.63, 3.8) is 0 Å². The highest BCUT2D eigenvalue weighted by Gasteiger charge is 2.40. The molecule has 0 bridgehead atoms. The van der Waals surface area contributed by atoms with Crippen LogP contribution >= 0.6 is 0 Å². The zero-order valence-electron chi connectivity index (χ0n) is 12.8. The summed E-state index contributed by atoms with van der Waals surface area (Å²) < 4.78 is 6.92. The van der Waals surface area contributed by atoms with E-state index in [0.717, 1.165) is 12.0 Å². The minimum Gasteiger partial charge on any atom is -0.508 e. The third-order valence-electron chi connectivity index (χ3n) is 3.71. The summed E-state index contributed by atoms with van der Waals surface area (Å²) >= 11 is 0. The van der Waals surface area contributed by atoms with E-state index in [1.807, 2.05) is 13.0 Å². The van der Waals surface area contributed by atoms with Gasteiger partial charge in [0, 0.05) is 5.70 Å². The summed E-state index contributed by atoms with van der Waals surface area (Å²) in [5, 5.41) is 17.0. The molecule has 2 heterocycles. The van der Waals surface area contributed by atoms with E-state index >= 15 is 0 Å². The largest absolute Gasteiger partial charge is 0.508 e. The minimum atomic E-state index is -0.655. The quantitative estimate of drug-likeness (QED) is 0.840. The average Bonchev–Trinajstić information content (AvgIpc) is 2.99. The Hall–Kier alpha value is -2.83. The Morgan fingerprint density at radius 3 is 3.09 bits per heavy atom. The van der Waals surface area contributed by atoms with E-state index < -0.39 is 12.0 Å². The lowest BCUT2D eigenvalue weighted by atomic mass is 9.89. The number of esters is 1. The second-order valence-electron chi connectivity index (χ2n) is 5.36. The summed E-state index contributed by atoms with van der Waals surface area (Å²) in [6.45, 7) is 6.23. The smallest absolute Gasteiger partial charge is 0.317 e. The molecule has 0 aliphatic carbocycles. The molecular weight excluding hydrogens is 296 g/mol. The van der Waals surface area contributed by atoms with E-state index in [1.54, 1.807) is 22.9 Å². The Kier molecular flexibility index (Phi) is 4.01. The first-order valence-electron chi connectivity index (χ1n) is 7.42. The number of rotatable bonds is 4. The molecule has 120 valence electrons. The standard InChI is InChI=1S/C16H18N4O3/c1-3-7-23-15(22)13-10(2)19-16-17-9-18-20(16)14(13)11-5-4-6-12(21)8-11/h4-6,8-9,13-14,21H,2-3,7H2,1H3,(H,17,18,19)/t13-,14+/m0/s1. The number of phenolic OH excluding ortho intramolecular Hbond substituents is 1. The number of ether oxygens (including phenoxy) is 1. The first-order valence-corrected chi connectivity index (χ1v) is 7.42. The summed E-state index contributed by atoms with van der Waals surface area (Å²) in [7, 11) is 0. The molecule has 0 radical (unpaired) electrons. The normalized spacial score (nSPS) is 19.8. The second-order valence-corrected chi connectivity index (χ2v) is 5.36. The molecule has 0 spiro atoms. The SMILES string of the molecule is C=C1Nc2ncnn2[C@H](c2cccc(O)c2)[C@H]1C(=O)OCCC. The van der Waals surface area contributed by atoms with Gasteiger partial charge in [-0.15, -0.1) is 0 Å². The summed E-state index contributed by atoms with van der Waals surface area (Å²) in [4.78, 5) is 16.6. The van der Waals surface area contributed by atoms with Crippen molar-refractivity contribution < 1.29 is 14.6 Å². The molecule has 0 saturated carbocycles. The highest BCUT2D eigenvalue weighted by Crippen LogP contribution is 2.38. The van der Waals surface area contributed by atoms with Crippen molar-refractivity contribution in [1.29, 1.82) is 0 Å². The van der Waals surface area contributed by atoms with Crippen molar-refractivity contribution in [2.24, 2.45) is 5.92 Å². The first-order chi connectivity index (χ1) is 11.1. The predicted octanol–water partition coefficient (Wildman–Crippen LogP) is 2.08. The molecule has 3 rings (SSSR count). The molecule has 0 saturated heterocycles. The van der Waals surface area contributed by atoms with Gasteiger partial charge in [-0.3, -0.25) is 4.79 Å². The number of phenols is 1. The molecule has 23 heavy (non-hydrogen) atoms. The Balaban J connectivity index is 2.05. The van der Waals surface area contributed by atoms with E-state index in [9.17, 15) is 9.90 Å². The van der Waals surface area contributed by atoms with Gasteiger partial charge in [-0.2, -0.15) is 10.1 Å². The molecule has 2 aromatic rings. The summed E-state index contributed by atoms with van der Waals surface area (Å²) in [5.41, 5.74) is 1.23. The van der Waals surface area contributed by atoms with Crippen molar-refractivity contribution in [3.05, 3.63) is 48.4 Å². The third kappa shape index (κ3) is 2.77. The van der Waals surface area contributed by atoms with Crippen LogP contribution in [-0.2, 0) is 9.53 Å². The molecule has 0 unspecified atom stereocenters. The molecular formula is C16H18N4O3. The first kappa shape index (κ1) is 15.1. The molecule has 2 atom stereocenters. The number of aromatic hydroxyl groups is 1. The number of hydrogen-bond acceptors (Lipinski definition) is 6. The lowest BCUT2D eigenvalue weighted by Gasteiger charge is -2.33. The van der Waals surface area contributed by atoms with Crippen LogP contribution < -0.4 is 5.32 Å². The van der Waals surface area contributed by atoms with E-state index in [-0.39, 0.29) is 11.7 Å². The van der Waals surface area contributed by atoms with E-state index in [2.05, 4.69) is 22.0 Å². The maximum atomic E-state index is 12.5. The van der Waals surface area contributed by atoms with Gasteiger partial charge in [-0.05, 0) is 24.1 Å². The maximum Gasteiger partial charge on any atom is 0.317 e. The highest BCUT2D eigenvalue weighted by molar-refractivity contribution is 5.79. The second kappa shape index (κ2) is 6.12. The van der Waals surface area contributed by atoms with E-state index in [1.165, 1.54) is 6.33 Å². The van der Waals surface area contributed by atoms with Crippen LogP contribution in [0, 0.1) is 5.92 Å². The van der Waals surface area contributed by atoms with E-state index in [4.69, 9.17) is 4.74 Å². The van der Waals surface area contributed by atoms with Crippen molar-refractivity contribution >= 4 is 11.9 Å². The van der Waals surface area contributed by atoms with Gasteiger partial charge < -0.3 is 15.2 Å². The Labute approximate surface area is 133 Å². The van der Waals surface area contributed by atoms with Crippen LogP contribution in [0.25, 0.3) is 0 Å². The number of carbonyl (C=O) groups is 1. The van der Waals surface area contributed by atoms with Crippen LogP contribution in [0.15, 0.2) is 42.9 Å². The molecule has 1 aromatic carbocycles. The van der Waals surface area contributed by atoms with Gasteiger partial charge in [0.2, 0.25) is 5.95 Å². The lowest BCUT2D eigenvalue weighted by Crippen LogP contribution is -2.37. The zero-order valence-corrected chi connectivity index (χ0v) is 12.8. The Bertz CT molecular complexity index is 740. The average molecular weight is 314 g/mol. The number of hydrogen-bond donors (Lipinski definition) is 2. The number of benzene rings is 1. The summed E-state index contributed by atoms with van der Waals surface area (Å²) in [5.74, 6) is -0.409. The van der Waals surface area contributed by atoms with Gasteiger partial charge in [-0.25, -0.2) is 4.68 Å². The van der Waals surface area contributed by atoms with Gasteiger partial charge in [0.25, 0.3) is 0 Å². The lowest BCUT2D eigenvalue weighted by molar-refractivity contribution is -0.148.